The number of rotatable bonds is 4. The third-order valence-corrected chi connectivity index (χ3v) is 6.20. The van der Waals surface area contributed by atoms with Gasteiger partial charge < -0.3 is 9.80 Å². The molecule has 0 radical (unpaired) electrons. The highest BCUT2D eigenvalue weighted by atomic mass is 19.1. The summed E-state index contributed by atoms with van der Waals surface area (Å²) < 4.78 is 13.5. The summed E-state index contributed by atoms with van der Waals surface area (Å²) in [5.41, 5.74) is 2.18. The topological polar surface area (TPSA) is 26.8 Å². The number of hydrogen-bond acceptors (Lipinski definition) is 3. The summed E-state index contributed by atoms with van der Waals surface area (Å²) in [6.07, 6.45) is 1.95. The van der Waals surface area contributed by atoms with Gasteiger partial charge in [-0.1, -0.05) is 42.5 Å². The summed E-state index contributed by atoms with van der Waals surface area (Å²) in [7, 11) is 2.12. The number of carbonyl (C=O) groups is 1. The van der Waals surface area contributed by atoms with Crippen LogP contribution in [0.2, 0.25) is 0 Å². The fourth-order valence-electron chi connectivity index (χ4n) is 4.67. The van der Waals surface area contributed by atoms with Crippen molar-refractivity contribution < 1.29 is 9.18 Å². The maximum Gasteiger partial charge on any atom is 0.227 e. The largest absolute Gasteiger partial charge is 0.333 e. The SMILES string of the molecule is CN1CCN(C(=O)C2CCCN(Cc3cccc(F)c3)C2)C(c2ccccc2)C1. The van der Waals surface area contributed by atoms with E-state index >= 15 is 0 Å². The average molecular weight is 396 g/mol. The normalized spacial score (nSPS) is 23.9. The molecular formula is C24H30FN3O. The average Bonchev–Trinajstić information content (AvgIpc) is 2.74. The van der Waals surface area contributed by atoms with Crippen molar-refractivity contribution in [2.75, 3.05) is 39.8 Å². The van der Waals surface area contributed by atoms with Gasteiger partial charge in [0.05, 0.1) is 12.0 Å². The number of piperidine rings is 1. The number of likely N-dealkylation sites (tertiary alicyclic amines) is 1. The first-order valence-corrected chi connectivity index (χ1v) is 10.6. The van der Waals surface area contributed by atoms with Gasteiger partial charge in [0, 0.05) is 32.7 Å². The predicted molar refractivity (Wildman–Crippen MR) is 113 cm³/mol. The Labute approximate surface area is 172 Å². The van der Waals surface area contributed by atoms with Crippen LogP contribution in [0.4, 0.5) is 4.39 Å². The monoisotopic (exact) mass is 395 g/mol. The summed E-state index contributed by atoms with van der Waals surface area (Å²) in [5, 5.41) is 0. The molecule has 2 aromatic carbocycles. The molecule has 5 heteroatoms. The second kappa shape index (κ2) is 9.06. The Balaban J connectivity index is 1.45. The molecule has 2 unspecified atom stereocenters. The number of amides is 1. The highest BCUT2D eigenvalue weighted by molar-refractivity contribution is 5.80. The van der Waals surface area contributed by atoms with Crippen LogP contribution in [0.15, 0.2) is 54.6 Å². The van der Waals surface area contributed by atoms with Crippen LogP contribution in [-0.2, 0) is 11.3 Å². The van der Waals surface area contributed by atoms with Crippen LogP contribution in [-0.4, -0.2) is 60.4 Å². The minimum atomic E-state index is -0.199. The molecule has 4 rings (SSSR count). The third kappa shape index (κ3) is 4.85. The summed E-state index contributed by atoms with van der Waals surface area (Å²) in [4.78, 5) is 20.2. The van der Waals surface area contributed by atoms with Crippen molar-refractivity contribution in [1.29, 1.82) is 0 Å². The van der Waals surface area contributed by atoms with Crippen LogP contribution >= 0.6 is 0 Å². The number of piperazine rings is 1. The molecule has 0 spiro atoms. The Kier molecular flexibility index (Phi) is 6.26. The molecule has 2 fully saturated rings. The first kappa shape index (κ1) is 20.0. The summed E-state index contributed by atoms with van der Waals surface area (Å²) in [5.74, 6) is 0.0955. The Morgan fingerprint density at radius 1 is 1.03 bits per heavy atom. The first-order chi connectivity index (χ1) is 14.1. The molecule has 1 amide bonds. The van der Waals surface area contributed by atoms with Crippen molar-refractivity contribution in [3.63, 3.8) is 0 Å². The van der Waals surface area contributed by atoms with Crippen LogP contribution in [0.1, 0.15) is 30.0 Å². The van der Waals surface area contributed by atoms with Gasteiger partial charge in [-0.2, -0.15) is 0 Å². The van der Waals surface area contributed by atoms with Crippen LogP contribution in [0.3, 0.4) is 0 Å². The molecule has 154 valence electrons. The number of nitrogens with zero attached hydrogens (tertiary/aromatic N) is 3. The van der Waals surface area contributed by atoms with E-state index in [4.69, 9.17) is 0 Å². The lowest BCUT2D eigenvalue weighted by Gasteiger charge is -2.43. The molecule has 0 aliphatic carbocycles. The van der Waals surface area contributed by atoms with Gasteiger partial charge in [0.2, 0.25) is 5.91 Å². The minimum Gasteiger partial charge on any atom is -0.333 e. The van der Waals surface area contributed by atoms with Crippen molar-refractivity contribution in [3.8, 4) is 0 Å². The lowest BCUT2D eigenvalue weighted by atomic mass is 9.93. The van der Waals surface area contributed by atoms with Gasteiger partial charge in [-0.3, -0.25) is 9.69 Å². The fraction of sp³-hybridized carbons (Fsp3) is 0.458. The number of benzene rings is 2. The van der Waals surface area contributed by atoms with E-state index in [1.807, 2.05) is 24.3 Å². The molecule has 2 aliphatic heterocycles. The van der Waals surface area contributed by atoms with E-state index < -0.39 is 0 Å². The van der Waals surface area contributed by atoms with Gasteiger partial charge in [-0.15, -0.1) is 0 Å². The van der Waals surface area contributed by atoms with E-state index in [1.165, 1.54) is 11.6 Å². The Morgan fingerprint density at radius 2 is 1.86 bits per heavy atom. The highest BCUT2D eigenvalue weighted by Gasteiger charge is 2.35. The molecule has 2 aromatic rings. The zero-order chi connectivity index (χ0) is 20.2. The number of likely N-dealkylation sites (N-methyl/N-ethyl adjacent to an activating group) is 1. The van der Waals surface area contributed by atoms with Crippen molar-refractivity contribution >= 4 is 5.91 Å². The second-order valence-corrected chi connectivity index (χ2v) is 8.42. The van der Waals surface area contributed by atoms with E-state index in [0.717, 1.165) is 51.1 Å². The first-order valence-electron chi connectivity index (χ1n) is 10.6. The maximum absolute atomic E-state index is 13.5. The minimum absolute atomic E-state index is 0.0203. The molecule has 0 aromatic heterocycles. The van der Waals surface area contributed by atoms with E-state index in [-0.39, 0.29) is 23.7 Å². The van der Waals surface area contributed by atoms with Gasteiger partial charge >= 0.3 is 0 Å². The standard InChI is InChI=1S/C24H30FN3O/c1-26-13-14-28(23(18-26)20-8-3-2-4-9-20)24(29)21-10-6-12-27(17-21)16-19-7-5-11-22(25)15-19/h2-5,7-9,11,15,21,23H,6,10,12-14,16-18H2,1H3. The molecule has 0 N–H and O–H groups in total. The zero-order valence-electron chi connectivity index (χ0n) is 17.1. The number of hydrogen-bond donors (Lipinski definition) is 0. The molecule has 2 heterocycles. The molecule has 2 saturated heterocycles. The van der Waals surface area contributed by atoms with Crippen molar-refractivity contribution in [2.24, 2.45) is 5.92 Å². The van der Waals surface area contributed by atoms with Gasteiger partial charge in [0.25, 0.3) is 0 Å². The van der Waals surface area contributed by atoms with Gasteiger partial charge in [-0.25, -0.2) is 4.39 Å². The summed E-state index contributed by atoms with van der Waals surface area (Å²) in [6, 6.07) is 17.3. The van der Waals surface area contributed by atoms with Gasteiger partial charge in [0.15, 0.2) is 0 Å². The third-order valence-electron chi connectivity index (χ3n) is 6.20. The van der Waals surface area contributed by atoms with E-state index in [2.05, 4.69) is 33.9 Å². The lowest BCUT2D eigenvalue weighted by molar-refractivity contribution is -0.142. The van der Waals surface area contributed by atoms with E-state index in [1.54, 1.807) is 12.1 Å². The summed E-state index contributed by atoms with van der Waals surface area (Å²) >= 11 is 0. The fourth-order valence-corrected chi connectivity index (χ4v) is 4.67. The molecule has 29 heavy (non-hydrogen) atoms. The van der Waals surface area contributed by atoms with Crippen molar-refractivity contribution in [3.05, 3.63) is 71.5 Å². The molecule has 0 bridgehead atoms. The predicted octanol–water partition coefficient (Wildman–Crippen LogP) is 3.55. The molecule has 4 nitrogen and oxygen atoms in total. The lowest BCUT2D eigenvalue weighted by Crippen LogP contribution is -2.53. The zero-order valence-corrected chi connectivity index (χ0v) is 17.1. The molecule has 2 aliphatic rings. The van der Waals surface area contributed by atoms with Crippen LogP contribution in [0.25, 0.3) is 0 Å². The molecule has 2 atom stereocenters. The Bertz CT molecular complexity index is 828. The van der Waals surface area contributed by atoms with E-state index in [0.29, 0.717) is 6.54 Å². The molecular weight excluding hydrogens is 365 g/mol. The van der Waals surface area contributed by atoms with Gasteiger partial charge in [-0.05, 0) is 49.7 Å². The van der Waals surface area contributed by atoms with Crippen molar-refractivity contribution in [1.82, 2.24) is 14.7 Å². The highest BCUT2D eigenvalue weighted by Crippen LogP contribution is 2.29. The van der Waals surface area contributed by atoms with Crippen LogP contribution in [0, 0.1) is 11.7 Å². The van der Waals surface area contributed by atoms with Crippen molar-refractivity contribution in [2.45, 2.75) is 25.4 Å². The van der Waals surface area contributed by atoms with Gasteiger partial charge in [0.1, 0.15) is 5.82 Å². The number of carbonyl (C=O) groups excluding carboxylic acids is 1. The number of halogens is 1. The van der Waals surface area contributed by atoms with Crippen LogP contribution < -0.4 is 0 Å². The Hall–Kier alpha value is -2.24. The molecule has 0 saturated carbocycles. The summed E-state index contributed by atoms with van der Waals surface area (Å²) in [6.45, 7) is 4.97. The smallest absolute Gasteiger partial charge is 0.227 e. The van der Waals surface area contributed by atoms with Crippen LogP contribution in [0.5, 0.6) is 0 Å². The van der Waals surface area contributed by atoms with E-state index in [9.17, 15) is 9.18 Å². The quantitative estimate of drug-likeness (QED) is 0.792. The Morgan fingerprint density at radius 3 is 2.66 bits per heavy atom. The maximum atomic E-state index is 13.5. The second-order valence-electron chi connectivity index (χ2n) is 8.42.